The predicted octanol–water partition coefficient (Wildman–Crippen LogP) is 2.64. The largest absolute Gasteiger partial charge is 0.573 e. The Morgan fingerprint density at radius 2 is 2.12 bits per heavy atom. The van der Waals surface area contributed by atoms with Crippen LogP contribution in [0, 0.1) is 5.92 Å². The highest BCUT2D eigenvalue weighted by Gasteiger charge is 2.36. The SMILES string of the molecule is O=C1CC(C2CCCCN2C(=O)Cc2cccc(OC(F)(F)F)c2)CN1. The maximum Gasteiger partial charge on any atom is 0.573 e. The van der Waals surface area contributed by atoms with Crippen LogP contribution in [0.2, 0.25) is 0 Å². The van der Waals surface area contributed by atoms with E-state index in [1.165, 1.54) is 18.2 Å². The van der Waals surface area contributed by atoms with E-state index >= 15 is 0 Å². The predicted molar refractivity (Wildman–Crippen MR) is 87.3 cm³/mol. The topological polar surface area (TPSA) is 58.6 Å². The second-order valence-electron chi connectivity index (χ2n) is 6.79. The third-order valence-corrected chi connectivity index (χ3v) is 4.91. The smallest absolute Gasteiger partial charge is 0.406 e. The van der Waals surface area contributed by atoms with E-state index in [2.05, 4.69) is 10.1 Å². The first kappa shape index (κ1) is 18.5. The Kier molecular flexibility index (Phi) is 5.38. The van der Waals surface area contributed by atoms with Gasteiger partial charge in [-0.15, -0.1) is 13.2 Å². The molecule has 8 heteroatoms. The molecule has 26 heavy (non-hydrogen) atoms. The second-order valence-corrected chi connectivity index (χ2v) is 6.79. The summed E-state index contributed by atoms with van der Waals surface area (Å²) in [5.41, 5.74) is 0.474. The number of rotatable bonds is 4. The number of ether oxygens (including phenoxy) is 1. The average molecular weight is 370 g/mol. The molecule has 2 unspecified atom stereocenters. The van der Waals surface area contributed by atoms with Crippen LogP contribution in [-0.2, 0) is 16.0 Å². The Bertz CT molecular complexity index is 678. The third kappa shape index (κ3) is 4.68. The van der Waals surface area contributed by atoms with Crippen molar-refractivity contribution in [1.29, 1.82) is 0 Å². The molecule has 1 N–H and O–H groups in total. The fourth-order valence-electron chi connectivity index (χ4n) is 3.79. The summed E-state index contributed by atoms with van der Waals surface area (Å²) < 4.78 is 41.0. The molecule has 2 heterocycles. The molecule has 3 rings (SSSR count). The molecule has 2 saturated heterocycles. The number of alkyl halides is 3. The van der Waals surface area contributed by atoms with Crippen LogP contribution >= 0.6 is 0 Å². The Labute approximate surface area is 149 Å². The Balaban J connectivity index is 1.68. The van der Waals surface area contributed by atoms with E-state index < -0.39 is 6.36 Å². The number of halogens is 3. The number of nitrogens with one attached hydrogen (secondary N) is 1. The molecule has 0 saturated carbocycles. The molecule has 2 atom stereocenters. The average Bonchev–Trinajstić information content (AvgIpc) is 3.00. The van der Waals surface area contributed by atoms with Crippen LogP contribution in [-0.4, -0.2) is 42.2 Å². The van der Waals surface area contributed by atoms with Crippen molar-refractivity contribution < 1.29 is 27.5 Å². The number of amides is 2. The molecule has 0 radical (unpaired) electrons. The summed E-state index contributed by atoms with van der Waals surface area (Å²) in [6.45, 7) is 1.19. The minimum absolute atomic E-state index is 0.00445. The lowest BCUT2D eigenvalue weighted by molar-refractivity contribution is -0.274. The highest BCUT2D eigenvalue weighted by Crippen LogP contribution is 2.29. The van der Waals surface area contributed by atoms with Gasteiger partial charge in [-0.05, 0) is 37.0 Å². The molecule has 0 spiro atoms. The molecule has 2 aliphatic heterocycles. The van der Waals surface area contributed by atoms with Gasteiger partial charge in [0.05, 0.1) is 6.42 Å². The van der Waals surface area contributed by atoms with Crippen LogP contribution in [0.5, 0.6) is 5.75 Å². The number of carbonyl (C=O) groups is 2. The lowest BCUT2D eigenvalue weighted by Gasteiger charge is -2.39. The molecule has 5 nitrogen and oxygen atoms in total. The molecular weight excluding hydrogens is 349 g/mol. The summed E-state index contributed by atoms with van der Waals surface area (Å²) in [5.74, 6) is -0.349. The van der Waals surface area contributed by atoms with Gasteiger partial charge in [-0.25, -0.2) is 0 Å². The van der Waals surface area contributed by atoms with Crippen LogP contribution in [0.3, 0.4) is 0 Å². The first-order valence-electron chi connectivity index (χ1n) is 8.73. The van der Waals surface area contributed by atoms with Crippen molar-refractivity contribution >= 4 is 11.8 Å². The maximum absolute atomic E-state index is 12.8. The summed E-state index contributed by atoms with van der Waals surface area (Å²) in [7, 11) is 0. The normalized spacial score (nSPS) is 23.7. The maximum atomic E-state index is 12.8. The van der Waals surface area contributed by atoms with Crippen LogP contribution in [0.1, 0.15) is 31.2 Å². The van der Waals surface area contributed by atoms with Gasteiger partial charge >= 0.3 is 6.36 Å². The molecule has 0 bridgehead atoms. The van der Waals surface area contributed by atoms with Gasteiger partial charge in [0.1, 0.15) is 5.75 Å². The molecule has 2 fully saturated rings. The van der Waals surface area contributed by atoms with E-state index in [-0.39, 0.29) is 35.9 Å². The second kappa shape index (κ2) is 7.55. The van der Waals surface area contributed by atoms with Crippen LogP contribution in [0.15, 0.2) is 24.3 Å². The quantitative estimate of drug-likeness (QED) is 0.887. The summed E-state index contributed by atoms with van der Waals surface area (Å²) in [5, 5.41) is 2.81. The van der Waals surface area contributed by atoms with E-state index in [1.807, 2.05) is 0 Å². The first-order chi connectivity index (χ1) is 12.3. The number of hydrogen-bond acceptors (Lipinski definition) is 3. The lowest BCUT2D eigenvalue weighted by Crippen LogP contribution is -2.48. The molecule has 2 amide bonds. The standard InChI is InChI=1S/C18H21F3N2O3/c19-18(20,21)26-14-5-3-4-12(8-14)9-17(25)23-7-2-1-6-15(23)13-10-16(24)22-11-13/h3-5,8,13,15H,1-2,6-7,9-11H2,(H,22,24). The van der Waals surface area contributed by atoms with Crippen molar-refractivity contribution in [3.05, 3.63) is 29.8 Å². The number of benzene rings is 1. The van der Waals surface area contributed by atoms with E-state index in [1.54, 1.807) is 11.0 Å². The fraction of sp³-hybridized carbons (Fsp3) is 0.556. The summed E-state index contributed by atoms with van der Waals surface area (Å²) in [6.07, 6.45) is -1.57. The zero-order chi connectivity index (χ0) is 18.7. The van der Waals surface area contributed by atoms with Gasteiger partial charge in [-0.1, -0.05) is 12.1 Å². The van der Waals surface area contributed by atoms with Gasteiger partial charge in [0.15, 0.2) is 0 Å². The van der Waals surface area contributed by atoms with Crippen molar-refractivity contribution in [2.45, 2.75) is 44.5 Å². The minimum Gasteiger partial charge on any atom is -0.406 e. The Hall–Kier alpha value is -2.25. The van der Waals surface area contributed by atoms with Crippen LogP contribution in [0.25, 0.3) is 0 Å². The van der Waals surface area contributed by atoms with E-state index in [0.717, 1.165) is 19.3 Å². The highest BCUT2D eigenvalue weighted by atomic mass is 19.4. The van der Waals surface area contributed by atoms with Crippen molar-refractivity contribution in [2.75, 3.05) is 13.1 Å². The summed E-state index contributed by atoms with van der Waals surface area (Å²) in [4.78, 5) is 26.1. The van der Waals surface area contributed by atoms with Crippen molar-refractivity contribution in [1.82, 2.24) is 10.2 Å². The van der Waals surface area contributed by atoms with Crippen molar-refractivity contribution in [3.63, 3.8) is 0 Å². The molecule has 1 aromatic rings. The number of piperidine rings is 1. The number of nitrogens with zero attached hydrogens (tertiary/aromatic N) is 1. The van der Waals surface area contributed by atoms with Gasteiger partial charge in [-0.2, -0.15) is 0 Å². The van der Waals surface area contributed by atoms with Gasteiger partial charge < -0.3 is 15.0 Å². The van der Waals surface area contributed by atoms with E-state index in [4.69, 9.17) is 0 Å². The number of likely N-dealkylation sites (tertiary alicyclic amines) is 1. The highest BCUT2D eigenvalue weighted by molar-refractivity contribution is 5.80. The monoisotopic (exact) mass is 370 g/mol. The fourth-order valence-corrected chi connectivity index (χ4v) is 3.79. The van der Waals surface area contributed by atoms with E-state index in [9.17, 15) is 22.8 Å². The Morgan fingerprint density at radius 1 is 1.31 bits per heavy atom. The molecule has 0 aromatic heterocycles. The summed E-state index contributed by atoms with van der Waals surface area (Å²) >= 11 is 0. The van der Waals surface area contributed by atoms with Crippen molar-refractivity contribution in [3.8, 4) is 5.75 Å². The minimum atomic E-state index is -4.76. The summed E-state index contributed by atoms with van der Waals surface area (Å²) in [6, 6.07) is 5.51. The molecule has 1 aromatic carbocycles. The van der Waals surface area contributed by atoms with Gasteiger partial charge in [-0.3, -0.25) is 9.59 Å². The van der Waals surface area contributed by atoms with Crippen LogP contribution < -0.4 is 10.1 Å². The third-order valence-electron chi connectivity index (χ3n) is 4.91. The van der Waals surface area contributed by atoms with Gasteiger partial charge in [0.25, 0.3) is 0 Å². The lowest BCUT2D eigenvalue weighted by atomic mass is 9.89. The first-order valence-corrected chi connectivity index (χ1v) is 8.73. The Morgan fingerprint density at radius 3 is 2.81 bits per heavy atom. The van der Waals surface area contributed by atoms with Crippen LogP contribution in [0.4, 0.5) is 13.2 Å². The molecule has 2 aliphatic rings. The zero-order valence-corrected chi connectivity index (χ0v) is 14.2. The zero-order valence-electron chi connectivity index (χ0n) is 14.2. The number of hydrogen-bond donors (Lipinski definition) is 1. The molecular formula is C18H21F3N2O3. The molecule has 142 valence electrons. The van der Waals surface area contributed by atoms with Gasteiger partial charge in [0.2, 0.25) is 11.8 Å². The van der Waals surface area contributed by atoms with E-state index in [0.29, 0.717) is 25.1 Å². The number of carbonyl (C=O) groups excluding carboxylic acids is 2. The van der Waals surface area contributed by atoms with Gasteiger partial charge in [0, 0.05) is 31.5 Å². The molecule has 0 aliphatic carbocycles. The van der Waals surface area contributed by atoms with Crippen molar-refractivity contribution in [2.24, 2.45) is 5.92 Å².